The number of anilines is 1. The minimum Gasteiger partial charge on any atom is -0.353 e. The van der Waals surface area contributed by atoms with Crippen LogP contribution in [0.1, 0.15) is 0 Å². The minimum absolute atomic E-state index is 0.245. The molecule has 72 valence electrons. The van der Waals surface area contributed by atoms with Crippen molar-refractivity contribution in [3.63, 3.8) is 0 Å². The van der Waals surface area contributed by atoms with Gasteiger partial charge in [-0.2, -0.15) is 0 Å². The molecular weight excluding hydrogens is 180 g/mol. The van der Waals surface area contributed by atoms with E-state index in [0.29, 0.717) is 0 Å². The van der Waals surface area contributed by atoms with Gasteiger partial charge >= 0.3 is 0 Å². The van der Waals surface area contributed by atoms with Crippen molar-refractivity contribution in [1.82, 2.24) is 5.32 Å². The lowest BCUT2D eigenvalue weighted by atomic mass is 10.2. The van der Waals surface area contributed by atoms with Crippen molar-refractivity contribution in [3.8, 4) is 0 Å². The number of para-hydroxylation sites is 1. The number of carbonyl (C=O) groups excluding carboxylic acids is 2. The third-order valence-electron chi connectivity index (χ3n) is 2.07. The molecule has 1 aromatic carbocycles. The highest BCUT2D eigenvalue weighted by Gasteiger charge is 2.21. The number of imide groups is 1. The van der Waals surface area contributed by atoms with E-state index in [-0.39, 0.29) is 24.9 Å². The Labute approximate surface area is 81.5 Å². The molecule has 1 aliphatic heterocycles. The maximum atomic E-state index is 11.1. The second-order valence-corrected chi connectivity index (χ2v) is 3.16. The molecule has 4 heteroatoms. The van der Waals surface area contributed by atoms with Crippen molar-refractivity contribution in [2.24, 2.45) is 0 Å². The van der Waals surface area contributed by atoms with Crippen LogP contribution in [0.3, 0.4) is 0 Å². The van der Waals surface area contributed by atoms with Gasteiger partial charge in [-0.15, -0.1) is 0 Å². The number of rotatable bonds is 1. The zero-order chi connectivity index (χ0) is 9.97. The van der Waals surface area contributed by atoms with Crippen LogP contribution in [0.25, 0.3) is 0 Å². The summed E-state index contributed by atoms with van der Waals surface area (Å²) in [5, 5.41) is 2.26. The summed E-state index contributed by atoms with van der Waals surface area (Å²) in [5.74, 6) is -0.491. The zero-order valence-corrected chi connectivity index (χ0v) is 7.56. The molecule has 0 aliphatic carbocycles. The molecule has 1 N–H and O–H groups in total. The zero-order valence-electron chi connectivity index (χ0n) is 7.56. The van der Waals surface area contributed by atoms with E-state index in [9.17, 15) is 9.59 Å². The number of carbonyl (C=O) groups is 2. The first-order valence-corrected chi connectivity index (χ1v) is 4.38. The summed E-state index contributed by atoms with van der Waals surface area (Å²) in [4.78, 5) is 23.9. The first kappa shape index (κ1) is 8.74. The van der Waals surface area contributed by atoms with Gasteiger partial charge < -0.3 is 4.90 Å². The molecule has 0 aromatic heterocycles. The fourth-order valence-electron chi connectivity index (χ4n) is 1.46. The molecule has 1 fully saturated rings. The van der Waals surface area contributed by atoms with Crippen molar-refractivity contribution >= 4 is 17.5 Å². The Bertz CT molecular complexity index is 346. The number of benzene rings is 1. The van der Waals surface area contributed by atoms with Crippen molar-refractivity contribution < 1.29 is 9.59 Å². The van der Waals surface area contributed by atoms with Gasteiger partial charge in [-0.25, -0.2) is 0 Å². The summed E-state index contributed by atoms with van der Waals surface area (Å²) in [7, 11) is 0. The Hall–Kier alpha value is -1.84. The van der Waals surface area contributed by atoms with Crippen molar-refractivity contribution in [3.05, 3.63) is 30.3 Å². The van der Waals surface area contributed by atoms with E-state index in [2.05, 4.69) is 5.32 Å². The molecule has 0 saturated carbocycles. The van der Waals surface area contributed by atoms with Gasteiger partial charge in [0, 0.05) is 5.69 Å². The van der Waals surface area contributed by atoms with E-state index in [1.54, 1.807) is 4.90 Å². The molecule has 0 spiro atoms. The maximum Gasteiger partial charge on any atom is 0.246 e. The highest BCUT2D eigenvalue weighted by molar-refractivity contribution is 6.02. The lowest BCUT2D eigenvalue weighted by Crippen LogP contribution is -2.51. The van der Waals surface area contributed by atoms with Gasteiger partial charge in [0.15, 0.2) is 0 Å². The smallest absolute Gasteiger partial charge is 0.246 e. The number of nitrogens with zero attached hydrogens (tertiary/aromatic N) is 1. The lowest BCUT2D eigenvalue weighted by molar-refractivity contribution is -0.130. The SMILES string of the molecule is O=C1CN(c2ccccc2)CC(=O)N1. The molecule has 1 heterocycles. The average Bonchev–Trinajstić information content (AvgIpc) is 2.18. The van der Waals surface area contributed by atoms with Crippen LogP contribution in [0.2, 0.25) is 0 Å². The standard InChI is InChI=1S/C10H10N2O2/c13-9-6-12(7-10(14)11-9)8-4-2-1-3-5-8/h1-5H,6-7H2,(H,11,13,14). The summed E-state index contributed by atoms with van der Waals surface area (Å²) in [6, 6.07) is 9.42. The van der Waals surface area contributed by atoms with Crippen LogP contribution in [0.15, 0.2) is 30.3 Å². The van der Waals surface area contributed by atoms with Crippen molar-refractivity contribution in [2.75, 3.05) is 18.0 Å². The first-order valence-electron chi connectivity index (χ1n) is 4.38. The molecule has 0 unspecified atom stereocenters. The average molecular weight is 190 g/mol. The summed E-state index contributed by atoms with van der Waals surface area (Å²) in [6.45, 7) is 0.492. The van der Waals surface area contributed by atoms with E-state index >= 15 is 0 Å². The van der Waals surface area contributed by atoms with E-state index in [1.807, 2.05) is 30.3 Å². The van der Waals surface area contributed by atoms with Gasteiger partial charge in [0.25, 0.3) is 0 Å². The second-order valence-electron chi connectivity index (χ2n) is 3.16. The van der Waals surface area contributed by atoms with Crippen LogP contribution in [-0.4, -0.2) is 24.9 Å². The summed E-state index contributed by atoms with van der Waals surface area (Å²) in [5.41, 5.74) is 0.899. The van der Waals surface area contributed by atoms with E-state index < -0.39 is 0 Å². The molecule has 0 atom stereocenters. The fraction of sp³-hybridized carbons (Fsp3) is 0.200. The normalized spacial score (nSPS) is 16.7. The van der Waals surface area contributed by atoms with Crippen LogP contribution >= 0.6 is 0 Å². The largest absolute Gasteiger partial charge is 0.353 e. The lowest BCUT2D eigenvalue weighted by Gasteiger charge is -2.27. The molecule has 1 aromatic rings. The Morgan fingerprint density at radius 3 is 2.14 bits per heavy atom. The predicted molar refractivity (Wildman–Crippen MR) is 51.8 cm³/mol. The van der Waals surface area contributed by atoms with Crippen molar-refractivity contribution in [1.29, 1.82) is 0 Å². The third-order valence-corrected chi connectivity index (χ3v) is 2.07. The number of nitrogens with one attached hydrogen (secondary N) is 1. The molecular formula is C10H10N2O2. The fourth-order valence-corrected chi connectivity index (χ4v) is 1.46. The second kappa shape index (κ2) is 3.49. The predicted octanol–water partition coefficient (Wildman–Crippen LogP) is 0.149. The van der Waals surface area contributed by atoms with Crippen LogP contribution < -0.4 is 10.2 Å². The molecule has 0 radical (unpaired) electrons. The molecule has 1 saturated heterocycles. The Morgan fingerprint density at radius 1 is 1.00 bits per heavy atom. The van der Waals surface area contributed by atoms with Crippen LogP contribution in [-0.2, 0) is 9.59 Å². The Kier molecular flexibility index (Phi) is 2.18. The molecule has 2 amide bonds. The van der Waals surface area contributed by atoms with Crippen LogP contribution in [0, 0.1) is 0 Å². The highest BCUT2D eigenvalue weighted by atomic mass is 16.2. The molecule has 4 nitrogen and oxygen atoms in total. The summed E-state index contributed by atoms with van der Waals surface area (Å²) in [6.07, 6.45) is 0. The Balaban J connectivity index is 2.19. The van der Waals surface area contributed by atoms with Gasteiger partial charge in [-0.1, -0.05) is 18.2 Å². The number of amides is 2. The summed E-state index contributed by atoms with van der Waals surface area (Å²) < 4.78 is 0. The third kappa shape index (κ3) is 1.74. The van der Waals surface area contributed by atoms with Gasteiger partial charge in [0.05, 0.1) is 13.1 Å². The van der Waals surface area contributed by atoms with Gasteiger partial charge in [0.1, 0.15) is 0 Å². The monoisotopic (exact) mass is 190 g/mol. The number of piperazine rings is 1. The molecule has 2 rings (SSSR count). The van der Waals surface area contributed by atoms with Gasteiger partial charge in [-0.05, 0) is 12.1 Å². The highest BCUT2D eigenvalue weighted by Crippen LogP contribution is 2.13. The quantitative estimate of drug-likeness (QED) is 0.641. The topological polar surface area (TPSA) is 49.4 Å². The number of hydrogen-bond donors (Lipinski definition) is 1. The number of hydrogen-bond acceptors (Lipinski definition) is 3. The molecule has 1 aliphatic rings. The Morgan fingerprint density at radius 2 is 1.57 bits per heavy atom. The van der Waals surface area contributed by atoms with Crippen molar-refractivity contribution in [2.45, 2.75) is 0 Å². The minimum atomic E-state index is -0.245. The first-order chi connectivity index (χ1) is 6.75. The maximum absolute atomic E-state index is 11.1. The van der Waals surface area contributed by atoms with E-state index in [4.69, 9.17) is 0 Å². The molecule has 14 heavy (non-hydrogen) atoms. The molecule has 0 bridgehead atoms. The van der Waals surface area contributed by atoms with E-state index in [0.717, 1.165) is 5.69 Å². The summed E-state index contributed by atoms with van der Waals surface area (Å²) >= 11 is 0. The van der Waals surface area contributed by atoms with E-state index in [1.165, 1.54) is 0 Å². The van der Waals surface area contributed by atoms with Gasteiger partial charge in [-0.3, -0.25) is 14.9 Å². The van der Waals surface area contributed by atoms with Crippen LogP contribution in [0.5, 0.6) is 0 Å². The van der Waals surface area contributed by atoms with Crippen LogP contribution in [0.4, 0.5) is 5.69 Å². The van der Waals surface area contributed by atoms with Gasteiger partial charge in [0.2, 0.25) is 11.8 Å².